The summed E-state index contributed by atoms with van der Waals surface area (Å²) in [6, 6.07) is 0.319. The van der Waals surface area contributed by atoms with Gasteiger partial charge in [0.15, 0.2) is 0 Å². The number of aromatic nitrogens is 5. The average molecular weight is 321 g/mol. The third-order valence-electron chi connectivity index (χ3n) is 3.80. The van der Waals surface area contributed by atoms with Crippen molar-refractivity contribution in [1.29, 1.82) is 0 Å². The minimum Gasteiger partial charge on any atom is -0.299 e. The molecule has 1 fully saturated rings. The fourth-order valence-corrected chi connectivity index (χ4v) is 3.28. The van der Waals surface area contributed by atoms with Crippen LogP contribution in [0, 0.1) is 13.8 Å². The van der Waals surface area contributed by atoms with E-state index in [0.29, 0.717) is 17.7 Å². The van der Waals surface area contributed by atoms with Crippen LogP contribution in [0.25, 0.3) is 0 Å². The molecule has 0 bridgehead atoms. The van der Waals surface area contributed by atoms with Gasteiger partial charge in [-0.1, -0.05) is 11.3 Å². The highest BCUT2D eigenvalue weighted by atomic mass is 32.1. The summed E-state index contributed by atoms with van der Waals surface area (Å²) < 4.78 is 1.93. The van der Waals surface area contributed by atoms with Crippen LogP contribution in [0.1, 0.15) is 24.5 Å². The van der Waals surface area contributed by atoms with Crippen LogP contribution in [0.5, 0.6) is 0 Å². The maximum Gasteiger partial charge on any atom is 0.240 e. The largest absolute Gasteiger partial charge is 0.299 e. The van der Waals surface area contributed by atoms with Crippen molar-refractivity contribution < 1.29 is 4.79 Å². The molecular formula is C13H19N7OS. The maximum absolute atomic E-state index is 12.1. The summed E-state index contributed by atoms with van der Waals surface area (Å²) >= 11 is 1.32. The first-order valence-corrected chi connectivity index (χ1v) is 8.18. The highest BCUT2D eigenvalue weighted by Crippen LogP contribution is 2.19. The van der Waals surface area contributed by atoms with Crippen molar-refractivity contribution in [2.45, 2.75) is 39.3 Å². The van der Waals surface area contributed by atoms with Crippen molar-refractivity contribution in [3.05, 3.63) is 17.2 Å². The maximum atomic E-state index is 12.1. The molecule has 22 heavy (non-hydrogen) atoms. The van der Waals surface area contributed by atoms with Gasteiger partial charge in [-0.15, -0.1) is 10.2 Å². The van der Waals surface area contributed by atoms with E-state index in [-0.39, 0.29) is 5.91 Å². The lowest BCUT2D eigenvalue weighted by atomic mass is 10.2. The fourth-order valence-electron chi connectivity index (χ4n) is 2.81. The lowest BCUT2D eigenvalue weighted by Gasteiger charge is -2.23. The van der Waals surface area contributed by atoms with E-state index in [1.807, 2.05) is 18.5 Å². The molecule has 1 atom stereocenters. The quantitative estimate of drug-likeness (QED) is 0.878. The Balaban J connectivity index is 1.58. The van der Waals surface area contributed by atoms with Crippen LogP contribution >= 0.6 is 11.3 Å². The number of carbonyl (C=O) groups excluding carboxylic acids is 1. The van der Waals surface area contributed by atoms with Crippen molar-refractivity contribution in [2.75, 3.05) is 18.4 Å². The van der Waals surface area contributed by atoms with E-state index >= 15 is 0 Å². The van der Waals surface area contributed by atoms with Gasteiger partial charge in [-0.2, -0.15) is 5.10 Å². The molecule has 1 saturated heterocycles. The first-order chi connectivity index (χ1) is 10.6. The first kappa shape index (κ1) is 15.0. The van der Waals surface area contributed by atoms with Gasteiger partial charge in [0, 0.05) is 6.04 Å². The number of rotatable bonds is 5. The predicted molar refractivity (Wildman–Crippen MR) is 82.6 cm³/mol. The standard InChI is InChI=1S/C13H19N7OS/c1-9-15-10(2)20(18-9)6-11-4-3-5-19(11)7-12(21)16-13-17-14-8-22-13/h8,11H,3-7H2,1-2H3,(H,16,17,21)/t11-/m1/s1. The van der Waals surface area contributed by atoms with Crippen LogP contribution in [-0.4, -0.2) is 54.9 Å². The topological polar surface area (TPSA) is 88.8 Å². The molecule has 1 amide bonds. The summed E-state index contributed by atoms with van der Waals surface area (Å²) in [4.78, 5) is 18.6. The lowest BCUT2D eigenvalue weighted by molar-refractivity contribution is -0.117. The number of likely N-dealkylation sites (tertiary alicyclic amines) is 1. The molecular weight excluding hydrogens is 302 g/mol. The Morgan fingerprint density at radius 3 is 3.05 bits per heavy atom. The van der Waals surface area contributed by atoms with Gasteiger partial charge < -0.3 is 0 Å². The zero-order chi connectivity index (χ0) is 15.5. The van der Waals surface area contributed by atoms with Gasteiger partial charge in [-0.05, 0) is 33.2 Å². The van der Waals surface area contributed by atoms with Crippen molar-refractivity contribution in [2.24, 2.45) is 0 Å². The molecule has 0 unspecified atom stereocenters. The Bertz CT molecular complexity index is 639. The molecule has 2 aromatic rings. The van der Waals surface area contributed by atoms with E-state index in [9.17, 15) is 4.79 Å². The Kier molecular flexibility index (Phi) is 4.44. The molecule has 0 radical (unpaired) electrons. The van der Waals surface area contributed by atoms with Gasteiger partial charge in [0.1, 0.15) is 17.2 Å². The molecule has 8 nitrogen and oxygen atoms in total. The highest BCUT2D eigenvalue weighted by molar-refractivity contribution is 7.13. The van der Waals surface area contributed by atoms with Crippen LogP contribution in [0.3, 0.4) is 0 Å². The van der Waals surface area contributed by atoms with Crippen LogP contribution < -0.4 is 5.32 Å². The summed E-state index contributed by atoms with van der Waals surface area (Å²) in [5, 5.41) is 15.3. The molecule has 3 heterocycles. The molecule has 1 aliphatic rings. The van der Waals surface area contributed by atoms with E-state index < -0.39 is 0 Å². The third-order valence-corrected chi connectivity index (χ3v) is 4.41. The van der Waals surface area contributed by atoms with Crippen molar-refractivity contribution in [3.8, 4) is 0 Å². The van der Waals surface area contributed by atoms with Crippen LogP contribution in [0.4, 0.5) is 5.13 Å². The summed E-state index contributed by atoms with van der Waals surface area (Å²) in [6.45, 7) is 5.93. The van der Waals surface area contributed by atoms with Crippen LogP contribution in [-0.2, 0) is 11.3 Å². The van der Waals surface area contributed by atoms with E-state index in [4.69, 9.17) is 0 Å². The van der Waals surface area contributed by atoms with Gasteiger partial charge in [-0.3, -0.25) is 15.0 Å². The zero-order valence-electron chi connectivity index (χ0n) is 12.7. The van der Waals surface area contributed by atoms with E-state index in [1.165, 1.54) is 11.3 Å². The van der Waals surface area contributed by atoms with Gasteiger partial charge in [0.2, 0.25) is 11.0 Å². The summed E-state index contributed by atoms with van der Waals surface area (Å²) in [6.07, 6.45) is 2.17. The molecule has 0 aromatic carbocycles. The number of hydrogen-bond donors (Lipinski definition) is 1. The highest BCUT2D eigenvalue weighted by Gasteiger charge is 2.27. The van der Waals surface area contributed by atoms with E-state index in [1.54, 1.807) is 5.51 Å². The number of nitrogens with zero attached hydrogens (tertiary/aromatic N) is 6. The molecule has 2 aromatic heterocycles. The van der Waals surface area contributed by atoms with E-state index in [0.717, 1.165) is 37.6 Å². The normalized spacial score (nSPS) is 18.7. The molecule has 0 spiro atoms. The monoisotopic (exact) mass is 321 g/mol. The van der Waals surface area contributed by atoms with Gasteiger partial charge >= 0.3 is 0 Å². The van der Waals surface area contributed by atoms with Gasteiger partial charge in [-0.25, -0.2) is 9.67 Å². The number of amides is 1. The summed E-state index contributed by atoms with van der Waals surface area (Å²) in [7, 11) is 0. The van der Waals surface area contributed by atoms with Crippen molar-refractivity contribution in [1.82, 2.24) is 29.9 Å². The Morgan fingerprint density at radius 2 is 2.36 bits per heavy atom. The third kappa shape index (κ3) is 3.47. The Labute approximate surface area is 132 Å². The van der Waals surface area contributed by atoms with Crippen molar-refractivity contribution in [3.63, 3.8) is 0 Å². The molecule has 0 aliphatic carbocycles. The number of carbonyl (C=O) groups is 1. The number of hydrogen-bond acceptors (Lipinski definition) is 7. The SMILES string of the molecule is Cc1nc(C)n(C[C@H]2CCCN2CC(=O)Nc2nncs2)n1. The second-order valence-corrected chi connectivity index (χ2v) is 6.28. The molecule has 3 rings (SSSR count). The summed E-state index contributed by atoms with van der Waals surface area (Å²) in [5.74, 6) is 1.66. The number of nitrogens with one attached hydrogen (secondary N) is 1. The minimum absolute atomic E-state index is 0.0462. The Hall–Kier alpha value is -1.87. The average Bonchev–Trinajstić information content (AvgIpc) is 3.16. The molecule has 1 N–H and O–H groups in total. The smallest absolute Gasteiger partial charge is 0.240 e. The predicted octanol–water partition coefficient (Wildman–Crippen LogP) is 0.850. The first-order valence-electron chi connectivity index (χ1n) is 7.30. The Morgan fingerprint density at radius 1 is 1.50 bits per heavy atom. The molecule has 1 aliphatic heterocycles. The van der Waals surface area contributed by atoms with Gasteiger partial charge in [0.25, 0.3) is 0 Å². The van der Waals surface area contributed by atoms with Gasteiger partial charge in [0.05, 0.1) is 13.1 Å². The second kappa shape index (κ2) is 6.49. The van der Waals surface area contributed by atoms with Crippen molar-refractivity contribution >= 4 is 22.4 Å². The number of aryl methyl sites for hydroxylation is 2. The van der Waals surface area contributed by atoms with Crippen LogP contribution in [0.2, 0.25) is 0 Å². The number of anilines is 1. The minimum atomic E-state index is -0.0462. The fraction of sp³-hybridized carbons (Fsp3) is 0.615. The van der Waals surface area contributed by atoms with E-state index in [2.05, 4.69) is 30.5 Å². The molecule has 9 heteroatoms. The molecule has 0 saturated carbocycles. The molecule has 118 valence electrons. The zero-order valence-corrected chi connectivity index (χ0v) is 13.5. The lowest BCUT2D eigenvalue weighted by Crippen LogP contribution is -2.39. The summed E-state index contributed by atoms with van der Waals surface area (Å²) in [5.41, 5.74) is 1.60. The van der Waals surface area contributed by atoms with Crippen LogP contribution in [0.15, 0.2) is 5.51 Å². The second-order valence-electron chi connectivity index (χ2n) is 5.45.